The first kappa shape index (κ1) is 17.0. The minimum Gasteiger partial charge on any atom is -0.756 e. The number of phosphoric acid groups is 1. The largest absolute Gasteiger partial charge is 0.756 e. The molecule has 0 saturated carbocycles. The molecule has 1 N–H and O–H groups in total. The van der Waals surface area contributed by atoms with Crippen molar-refractivity contribution in [1.29, 1.82) is 0 Å². The van der Waals surface area contributed by atoms with Crippen LogP contribution in [0.2, 0.25) is 0 Å². The number of hydrogen-bond acceptors (Lipinski definition) is 6. The predicted octanol–water partition coefficient (Wildman–Crippen LogP) is 0.770. The van der Waals surface area contributed by atoms with Crippen LogP contribution in [0.1, 0.15) is 20.3 Å². The van der Waals surface area contributed by atoms with Crippen LogP contribution in [-0.2, 0) is 18.3 Å². The van der Waals surface area contributed by atoms with E-state index in [0.29, 0.717) is 6.61 Å². The number of rotatable bonds is 11. The van der Waals surface area contributed by atoms with Gasteiger partial charge in [-0.3, -0.25) is 4.57 Å². The molecule has 7 heteroatoms. The summed E-state index contributed by atoms with van der Waals surface area (Å²) in [6.07, 6.45) is 0.868. The van der Waals surface area contributed by atoms with Crippen LogP contribution >= 0.6 is 7.82 Å². The molecule has 0 radical (unpaired) electrons. The van der Waals surface area contributed by atoms with Gasteiger partial charge in [-0.1, -0.05) is 20.3 Å². The van der Waals surface area contributed by atoms with Gasteiger partial charge < -0.3 is 24.0 Å². The molecule has 0 saturated heterocycles. The van der Waals surface area contributed by atoms with E-state index in [2.05, 4.69) is 9.84 Å². The summed E-state index contributed by atoms with van der Waals surface area (Å²) in [4.78, 5) is 11.3. The minimum atomic E-state index is -4.16. The normalized spacial score (nSPS) is 16.7. The Labute approximate surface area is 103 Å². The maximum Gasteiger partial charge on any atom is 0.267 e. The third-order valence-electron chi connectivity index (χ3n) is 2.19. The van der Waals surface area contributed by atoms with Crippen molar-refractivity contribution in [1.82, 2.24) is 5.32 Å². The van der Waals surface area contributed by atoms with E-state index in [4.69, 9.17) is 9.26 Å². The van der Waals surface area contributed by atoms with E-state index in [1.165, 1.54) is 0 Å². The van der Waals surface area contributed by atoms with Crippen LogP contribution in [0.15, 0.2) is 0 Å². The molecule has 0 bridgehead atoms. The van der Waals surface area contributed by atoms with Crippen LogP contribution in [0.25, 0.3) is 0 Å². The molecule has 2 atom stereocenters. The van der Waals surface area contributed by atoms with Crippen molar-refractivity contribution in [3.8, 4) is 0 Å². The maximum absolute atomic E-state index is 11.3. The van der Waals surface area contributed by atoms with Crippen molar-refractivity contribution in [3.05, 3.63) is 0 Å². The molecule has 0 heterocycles. The molecule has 0 aromatic heterocycles. The van der Waals surface area contributed by atoms with E-state index in [-0.39, 0.29) is 25.7 Å². The van der Waals surface area contributed by atoms with Gasteiger partial charge in [0.15, 0.2) is 0 Å². The van der Waals surface area contributed by atoms with Crippen LogP contribution in [0.3, 0.4) is 0 Å². The average molecular weight is 268 g/mol. The monoisotopic (exact) mass is 268 g/mol. The van der Waals surface area contributed by atoms with Gasteiger partial charge in [-0.05, 0) is 13.0 Å². The summed E-state index contributed by atoms with van der Waals surface area (Å²) < 4.78 is 25.7. The molecule has 0 aliphatic carbocycles. The van der Waals surface area contributed by atoms with Crippen molar-refractivity contribution in [3.63, 3.8) is 0 Å². The Morgan fingerprint density at radius 2 is 2.00 bits per heavy atom. The van der Waals surface area contributed by atoms with E-state index in [9.17, 15) is 9.46 Å². The van der Waals surface area contributed by atoms with Gasteiger partial charge in [0.2, 0.25) is 0 Å². The molecule has 6 nitrogen and oxygen atoms in total. The Hall–Kier alpha value is 0.0300. The highest BCUT2D eigenvalue weighted by Gasteiger charge is 2.10. The molecular formula is C10H23NO5P-. The van der Waals surface area contributed by atoms with E-state index in [1.807, 2.05) is 20.9 Å². The molecule has 0 rings (SSSR count). The molecule has 2 unspecified atom stereocenters. The lowest BCUT2D eigenvalue weighted by Crippen LogP contribution is -2.17. The molecule has 0 aromatic rings. The summed E-state index contributed by atoms with van der Waals surface area (Å²) in [5.41, 5.74) is 0. The lowest BCUT2D eigenvalue weighted by atomic mass is 10.1. The summed E-state index contributed by atoms with van der Waals surface area (Å²) in [7, 11) is -2.35. The van der Waals surface area contributed by atoms with Gasteiger partial charge in [-0.15, -0.1) is 0 Å². The first-order valence-electron chi connectivity index (χ1n) is 5.84. The van der Waals surface area contributed by atoms with Gasteiger partial charge in [0.1, 0.15) is 0 Å². The summed E-state index contributed by atoms with van der Waals surface area (Å²) in [5.74, 6) is 0.202. The highest BCUT2D eigenvalue weighted by Crippen LogP contribution is 2.38. The molecule has 0 aliphatic rings. The van der Waals surface area contributed by atoms with Gasteiger partial charge in [-0.2, -0.15) is 0 Å². The third-order valence-corrected chi connectivity index (χ3v) is 3.15. The zero-order valence-electron chi connectivity index (χ0n) is 10.8. The number of nitrogens with one attached hydrogen (secondary N) is 1. The SMILES string of the molecule is CCC(C)COP(=O)([O-])OCCOCCNC. The molecule has 0 aromatic carbocycles. The zero-order chi connectivity index (χ0) is 13.1. The fourth-order valence-electron chi connectivity index (χ4n) is 0.858. The topological polar surface area (TPSA) is 79.9 Å². The Bertz CT molecular complexity index is 227. The zero-order valence-corrected chi connectivity index (χ0v) is 11.7. The highest BCUT2D eigenvalue weighted by atomic mass is 31.2. The first-order valence-corrected chi connectivity index (χ1v) is 7.30. The van der Waals surface area contributed by atoms with E-state index in [0.717, 1.165) is 13.0 Å². The molecule has 0 fully saturated rings. The molecule has 0 spiro atoms. The van der Waals surface area contributed by atoms with Crippen molar-refractivity contribution >= 4 is 7.82 Å². The first-order chi connectivity index (χ1) is 8.02. The smallest absolute Gasteiger partial charge is 0.267 e. The lowest BCUT2D eigenvalue weighted by Gasteiger charge is -2.24. The molecule has 104 valence electrons. The second kappa shape index (κ2) is 10.00. The molecule has 0 aliphatic heterocycles. The van der Waals surface area contributed by atoms with Gasteiger partial charge in [0.25, 0.3) is 7.82 Å². The summed E-state index contributed by atoms with van der Waals surface area (Å²) in [5, 5.41) is 2.91. The van der Waals surface area contributed by atoms with Crippen LogP contribution < -0.4 is 10.2 Å². The quantitative estimate of drug-likeness (QED) is 0.440. The van der Waals surface area contributed by atoms with Crippen LogP contribution in [0.5, 0.6) is 0 Å². The van der Waals surface area contributed by atoms with Gasteiger partial charge in [0, 0.05) is 6.54 Å². The minimum absolute atomic E-state index is 0.00893. The Kier molecular flexibility index (Phi) is 10.0. The van der Waals surface area contributed by atoms with Crippen LogP contribution in [0.4, 0.5) is 0 Å². The number of phosphoric ester groups is 1. The summed E-state index contributed by atoms with van der Waals surface area (Å²) in [6, 6.07) is 0. The second-order valence-corrected chi connectivity index (χ2v) is 5.22. The Balaban J connectivity index is 3.53. The average Bonchev–Trinajstić information content (AvgIpc) is 2.30. The van der Waals surface area contributed by atoms with Crippen LogP contribution in [-0.4, -0.2) is 40.0 Å². The number of likely N-dealkylation sites (N-methyl/N-ethyl adjacent to an activating group) is 1. The van der Waals surface area contributed by atoms with E-state index < -0.39 is 7.82 Å². The maximum atomic E-state index is 11.3. The Morgan fingerprint density at radius 3 is 2.59 bits per heavy atom. The number of ether oxygens (including phenoxy) is 1. The van der Waals surface area contributed by atoms with Gasteiger partial charge in [-0.25, -0.2) is 0 Å². The molecule has 17 heavy (non-hydrogen) atoms. The lowest BCUT2D eigenvalue weighted by molar-refractivity contribution is -0.227. The van der Waals surface area contributed by atoms with Crippen molar-refractivity contribution in [2.75, 3.05) is 40.0 Å². The number of hydrogen-bond donors (Lipinski definition) is 1. The highest BCUT2D eigenvalue weighted by molar-refractivity contribution is 7.45. The van der Waals surface area contributed by atoms with Crippen molar-refractivity contribution < 1.29 is 23.2 Å². The van der Waals surface area contributed by atoms with Crippen molar-refractivity contribution in [2.45, 2.75) is 20.3 Å². The fraction of sp³-hybridized carbons (Fsp3) is 1.00. The predicted molar refractivity (Wildman–Crippen MR) is 63.7 cm³/mol. The van der Waals surface area contributed by atoms with E-state index in [1.54, 1.807) is 0 Å². The van der Waals surface area contributed by atoms with Crippen LogP contribution in [0, 0.1) is 5.92 Å². The fourth-order valence-corrected chi connectivity index (χ4v) is 1.67. The summed E-state index contributed by atoms with van der Waals surface area (Å²) >= 11 is 0. The van der Waals surface area contributed by atoms with Gasteiger partial charge in [0.05, 0.1) is 26.4 Å². The Morgan fingerprint density at radius 1 is 1.29 bits per heavy atom. The van der Waals surface area contributed by atoms with E-state index >= 15 is 0 Å². The van der Waals surface area contributed by atoms with Crippen molar-refractivity contribution in [2.24, 2.45) is 5.92 Å². The molecular weight excluding hydrogens is 245 g/mol. The standard InChI is InChI=1S/C10H24NO5P/c1-4-10(2)9-16-17(12,13)15-8-7-14-6-5-11-3/h10-11H,4-9H2,1-3H3,(H,12,13)/p-1. The second-order valence-electron chi connectivity index (χ2n) is 3.81. The molecule has 0 amide bonds. The van der Waals surface area contributed by atoms with Gasteiger partial charge >= 0.3 is 0 Å². The summed E-state index contributed by atoms with van der Waals surface area (Å²) in [6.45, 7) is 5.53. The third kappa shape index (κ3) is 10.9.